The molecular weight excluding hydrogens is 267 g/mol. The van der Waals surface area contributed by atoms with E-state index in [-0.39, 0.29) is 5.82 Å². The van der Waals surface area contributed by atoms with E-state index in [0.717, 1.165) is 5.56 Å². The van der Waals surface area contributed by atoms with Crippen LogP contribution < -0.4 is 0 Å². The number of H-pyrrole nitrogens is 1. The zero-order valence-electron chi connectivity index (χ0n) is 10.4. The topological polar surface area (TPSA) is 55.0 Å². The molecule has 0 amide bonds. The van der Waals surface area contributed by atoms with Gasteiger partial charge >= 0.3 is 5.97 Å². The lowest BCUT2D eigenvalue weighted by molar-refractivity contribution is 0.0519. The monoisotopic (exact) mass is 280 g/mol. The lowest BCUT2D eigenvalue weighted by Crippen LogP contribution is -2.04. The Morgan fingerprint density at radius 2 is 2.37 bits per heavy atom. The van der Waals surface area contributed by atoms with Crippen LogP contribution in [0.4, 0.5) is 4.39 Å². The van der Waals surface area contributed by atoms with Crippen LogP contribution in [0.1, 0.15) is 23.0 Å². The summed E-state index contributed by atoms with van der Waals surface area (Å²) in [6, 6.07) is 6.38. The fraction of sp³-hybridized carbons (Fsp3) is 0.231. The Kier molecular flexibility index (Phi) is 4.57. The highest BCUT2D eigenvalue weighted by Gasteiger charge is 2.10. The van der Waals surface area contributed by atoms with Gasteiger partial charge in [0.15, 0.2) is 5.16 Å². The van der Waals surface area contributed by atoms with Crippen molar-refractivity contribution in [2.45, 2.75) is 17.8 Å². The van der Waals surface area contributed by atoms with Gasteiger partial charge in [0.2, 0.25) is 0 Å². The average molecular weight is 280 g/mol. The molecule has 1 aromatic heterocycles. The molecule has 2 aromatic rings. The molecule has 6 heteroatoms. The predicted octanol–water partition coefficient (Wildman–Crippen LogP) is 3.02. The first kappa shape index (κ1) is 13.6. The normalized spacial score (nSPS) is 10.4. The summed E-state index contributed by atoms with van der Waals surface area (Å²) in [6.45, 7) is 2.07. The van der Waals surface area contributed by atoms with Gasteiger partial charge in [-0.1, -0.05) is 23.9 Å². The molecule has 0 aliphatic rings. The molecule has 1 heterocycles. The molecule has 0 saturated heterocycles. The third kappa shape index (κ3) is 3.82. The first-order valence-electron chi connectivity index (χ1n) is 5.78. The minimum absolute atomic E-state index is 0.259. The second-order valence-corrected chi connectivity index (χ2v) is 4.71. The highest BCUT2D eigenvalue weighted by atomic mass is 32.2. The lowest BCUT2D eigenvalue weighted by atomic mass is 10.2. The van der Waals surface area contributed by atoms with Gasteiger partial charge in [0.1, 0.15) is 11.5 Å². The lowest BCUT2D eigenvalue weighted by Gasteiger charge is -1.99. The number of nitrogens with one attached hydrogen (secondary N) is 1. The molecule has 0 aliphatic heterocycles. The summed E-state index contributed by atoms with van der Waals surface area (Å²) < 4.78 is 17.8. The van der Waals surface area contributed by atoms with E-state index in [9.17, 15) is 9.18 Å². The van der Waals surface area contributed by atoms with Crippen molar-refractivity contribution in [1.82, 2.24) is 9.97 Å². The molecule has 0 radical (unpaired) electrons. The molecule has 0 spiro atoms. The SMILES string of the molecule is CCOC(=O)c1cnc(SCc2cccc(F)c2)[nH]1. The molecular formula is C13H13FN2O2S. The standard InChI is InChI=1S/C13H13FN2O2S/c1-2-18-12(17)11-7-15-13(16-11)19-8-9-4-3-5-10(14)6-9/h3-7H,2,8H2,1H3,(H,15,16). The van der Waals surface area contributed by atoms with E-state index in [2.05, 4.69) is 9.97 Å². The molecule has 0 bridgehead atoms. The van der Waals surface area contributed by atoms with Crippen LogP contribution in [0.2, 0.25) is 0 Å². The summed E-state index contributed by atoms with van der Waals surface area (Å²) in [5.41, 5.74) is 1.18. The maximum Gasteiger partial charge on any atom is 0.356 e. The molecule has 2 rings (SSSR count). The molecule has 100 valence electrons. The summed E-state index contributed by atoms with van der Waals surface area (Å²) in [5.74, 6) is -0.106. The van der Waals surface area contributed by atoms with Gasteiger partial charge in [0.05, 0.1) is 12.8 Å². The average Bonchev–Trinajstić information content (AvgIpc) is 2.86. The van der Waals surface area contributed by atoms with Crippen LogP contribution >= 0.6 is 11.8 Å². The van der Waals surface area contributed by atoms with E-state index in [4.69, 9.17) is 4.74 Å². The zero-order valence-corrected chi connectivity index (χ0v) is 11.2. The van der Waals surface area contributed by atoms with Crippen LogP contribution in [-0.2, 0) is 10.5 Å². The molecule has 0 fully saturated rings. The number of halogens is 1. The smallest absolute Gasteiger partial charge is 0.356 e. The van der Waals surface area contributed by atoms with Gasteiger partial charge in [0, 0.05) is 5.75 Å². The van der Waals surface area contributed by atoms with E-state index < -0.39 is 5.97 Å². The summed E-state index contributed by atoms with van der Waals surface area (Å²) in [4.78, 5) is 18.4. The van der Waals surface area contributed by atoms with Gasteiger partial charge in [-0.15, -0.1) is 0 Å². The number of nitrogens with zero attached hydrogens (tertiary/aromatic N) is 1. The Balaban J connectivity index is 1.95. The maximum absolute atomic E-state index is 13.0. The number of rotatable bonds is 5. The second kappa shape index (κ2) is 6.38. The van der Waals surface area contributed by atoms with Crippen LogP contribution in [-0.4, -0.2) is 22.5 Å². The molecule has 4 nitrogen and oxygen atoms in total. The number of thioether (sulfide) groups is 1. The molecule has 0 atom stereocenters. The van der Waals surface area contributed by atoms with Crippen molar-refractivity contribution in [3.8, 4) is 0 Å². The van der Waals surface area contributed by atoms with Gasteiger partial charge in [-0.3, -0.25) is 0 Å². The first-order chi connectivity index (χ1) is 9.19. The number of ether oxygens (including phenoxy) is 1. The van der Waals surface area contributed by atoms with Crippen molar-refractivity contribution >= 4 is 17.7 Å². The fourth-order valence-corrected chi connectivity index (χ4v) is 2.26. The molecule has 1 N–H and O–H groups in total. The number of carbonyl (C=O) groups is 1. The fourth-order valence-electron chi connectivity index (χ4n) is 1.47. The Labute approximate surface area is 114 Å². The van der Waals surface area contributed by atoms with E-state index >= 15 is 0 Å². The summed E-state index contributed by atoms with van der Waals surface area (Å²) >= 11 is 1.40. The Morgan fingerprint density at radius 3 is 3.11 bits per heavy atom. The third-order valence-corrected chi connectivity index (χ3v) is 3.27. The van der Waals surface area contributed by atoms with Crippen molar-refractivity contribution in [2.75, 3.05) is 6.61 Å². The van der Waals surface area contributed by atoms with Crippen LogP contribution in [0, 0.1) is 5.82 Å². The highest BCUT2D eigenvalue weighted by Crippen LogP contribution is 2.20. The Morgan fingerprint density at radius 1 is 1.53 bits per heavy atom. The van der Waals surface area contributed by atoms with E-state index in [1.54, 1.807) is 13.0 Å². The predicted molar refractivity (Wildman–Crippen MR) is 70.5 cm³/mol. The van der Waals surface area contributed by atoms with Crippen LogP contribution in [0.15, 0.2) is 35.6 Å². The van der Waals surface area contributed by atoms with E-state index in [1.165, 1.54) is 30.1 Å². The van der Waals surface area contributed by atoms with Crippen molar-refractivity contribution in [3.05, 3.63) is 47.5 Å². The summed E-state index contributed by atoms with van der Waals surface area (Å²) in [5, 5.41) is 0.604. The Bertz CT molecular complexity index is 571. The highest BCUT2D eigenvalue weighted by molar-refractivity contribution is 7.98. The first-order valence-corrected chi connectivity index (χ1v) is 6.77. The van der Waals surface area contributed by atoms with Crippen molar-refractivity contribution in [3.63, 3.8) is 0 Å². The second-order valence-electron chi connectivity index (χ2n) is 3.74. The summed E-state index contributed by atoms with van der Waals surface area (Å²) in [7, 11) is 0. The van der Waals surface area contributed by atoms with Crippen molar-refractivity contribution in [2.24, 2.45) is 0 Å². The minimum atomic E-state index is -0.424. The van der Waals surface area contributed by atoms with Gasteiger partial charge in [-0.2, -0.15) is 0 Å². The minimum Gasteiger partial charge on any atom is -0.461 e. The molecule has 19 heavy (non-hydrogen) atoms. The third-order valence-electron chi connectivity index (χ3n) is 2.31. The number of carbonyl (C=O) groups excluding carboxylic acids is 1. The molecule has 0 saturated carbocycles. The van der Waals surface area contributed by atoms with E-state index in [1.807, 2.05) is 6.07 Å². The number of esters is 1. The quantitative estimate of drug-likeness (QED) is 0.675. The molecule has 1 aromatic carbocycles. The van der Waals surface area contributed by atoms with Crippen molar-refractivity contribution < 1.29 is 13.9 Å². The maximum atomic E-state index is 13.0. The van der Waals surface area contributed by atoms with Gasteiger partial charge in [0.25, 0.3) is 0 Å². The number of imidazole rings is 1. The van der Waals surface area contributed by atoms with Gasteiger partial charge in [-0.25, -0.2) is 14.2 Å². The number of aromatic amines is 1. The number of benzene rings is 1. The van der Waals surface area contributed by atoms with Crippen molar-refractivity contribution in [1.29, 1.82) is 0 Å². The molecule has 0 unspecified atom stereocenters. The number of hydrogen-bond donors (Lipinski definition) is 1. The zero-order chi connectivity index (χ0) is 13.7. The van der Waals surface area contributed by atoms with Crippen LogP contribution in [0.5, 0.6) is 0 Å². The molecule has 0 aliphatic carbocycles. The van der Waals surface area contributed by atoms with Gasteiger partial charge in [-0.05, 0) is 24.6 Å². The van der Waals surface area contributed by atoms with E-state index in [0.29, 0.717) is 23.2 Å². The van der Waals surface area contributed by atoms with Gasteiger partial charge < -0.3 is 9.72 Å². The number of hydrogen-bond acceptors (Lipinski definition) is 4. The summed E-state index contributed by atoms with van der Waals surface area (Å²) in [6.07, 6.45) is 1.44. The van der Waals surface area contributed by atoms with Crippen LogP contribution in [0.3, 0.4) is 0 Å². The largest absolute Gasteiger partial charge is 0.461 e. The Hall–Kier alpha value is -1.82. The van der Waals surface area contributed by atoms with Crippen LogP contribution in [0.25, 0.3) is 0 Å². The number of aromatic nitrogens is 2.